The number of hydrogen-bond acceptors (Lipinski definition) is 5. The first-order chi connectivity index (χ1) is 17.5. The van der Waals surface area contributed by atoms with Gasteiger partial charge in [0.05, 0.1) is 17.1 Å². The summed E-state index contributed by atoms with van der Waals surface area (Å²) >= 11 is 0. The Balaban J connectivity index is 1.51. The van der Waals surface area contributed by atoms with E-state index in [4.69, 9.17) is 20.7 Å². The minimum atomic E-state index is -0.456. The number of nitrogens with zero attached hydrogens (tertiary/aromatic N) is 5. The average Bonchev–Trinajstić information content (AvgIpc) is 3.50. The van der Waals surface area contributed by atoms with Crippen molar-refractivity contribution in [3.8, 4) is 28.3 Å². The molecule has 8 heteroatoms. The first kappa shape index (κ1) is 21.6. The molecule has 3 aromatic heterocycles. The lowest BCUT2D eigenvalue weighted by molar-refractivity contribution is 0.227. The third kappa shape index (κ3) is 3.27. The number of nitrogens with two attached hydrogens (primary N) is 1. The number of hydrogen-bond donors (Lipinski definition) is 1. The normalized spacial score (nSPS) is 20.4. The van der Waals surface area contributed by atoms with Crippen molar-refractivity contribution >= 4 is 5.82 Å². The molecule has 184 valence electrons. The van der Waals surface area contributed by atoms with Crippen LogP contribution in [0.15, 0.2) is 36.7 Å². The van der Waals surface area contributed by atoms with Gasteiger partial charge in [0.25, 0.3) is 0 Å². The van der Waals surface area contributed by atoms with Crippen LogP contribution in [0.4, 0.5) is 10.2 Å². The van der Waals surface area contributed by atoms with Gasteiger partial charge in [0.2, 0.25) is 0 Å². The summed E-state index contributed by atoms with van der Waals surface area (Å²) in [6.07, 6.45) is 9.16. The molecule has 7 nitrogen and oxygen atoms in total. The third-order valence-electron chi connectivity index (χ3n) is 8.14. The lowest BCUT2D eigenvalue weighted by atomic mass is 9.85. The highest BCUT2D eigenvalue weighted by atomic mass is 19.1. The number of pyridine rings is 1. The molecule has 2 N–H and O–H groups in total. The van der Waals surface area contributed by atoms with Gasteiger partial charge in [-0.05, 0) is 62.8 Å². The Morgan fingerprint density at radius 2 is 2.00 bits per heavy atom. The first-order valence-corrected chi connectivity index (χ1v) is 12.8. The molecule has 1 unspecified atom stereocenters. The van der Waals surface area contributed by atoms with Crippen molar-refractivity contribution in [3.05, 3.63) is 64.9 Å². The van der Waals surface area contributed by atoms with Gasteiger partial charge in [-0.15, -0.1) is 0 Å². The second kappa shape index (κ2) is 7.91. The molecule has 1 saturated carbocycles. The molecular weight excluding hydrogens is 455 g/mol. The summed E-state index contributed by atoms with van der Waals surface area (Å²) in [5, 5.41) is 10.0. The number of aromatic nitrogens is 5. The molecule has 0 spiro atoms. The SMILES string of the molecule is C[C@H]1Oc2cc(cnc2N)-c2c3c(nn2CC2CCC2)CCC3c2cn(C)nc2-c2ccc(F)cc21. The van der Waals surface area contributed by atoms with Gasteiger partial charge in [-0.3, -0.25) is 9.36 Å². The van der Waals surface area contributed by atoms with Gasteiger partial charge in [-0.1, -0.05) is 6.42 Å². The number of nitrogen functional groups attached to an aromatic ring is 1. The van der Waals surface area contributed by atoms with E-state index in [0.717, 1.165) is 58.7 Å². The summed E-state index contributed by atoms with van der Waals surface area (Å²) in [6, 6.07) is 6.83. The molecule has 3 aliphatic rings. The molecule has 7 rings (SSSR count). The van der Waals surface area contributed by atoms with E-state index in [1.807, 2.05) is 37.0 Å². The van der Waals surface area contributed by atoms with Crippen LogP contribution in [-0.4, -0.2) is 24.5 Å². The number of halogens is 1. The van der Waals surface area contributed by atoms with Crippen LogP contribution in [0.2, 0.25) is 0 Å². The zero-order chi connectivity index (χ0) is 24.6. The van der Waals surface area contributed by atoms with E-state index in [0.29, 0.717) is 17.5 Å². The molecule has 0 saturated heterocycles. The number of benzene rings is 1. The minimum absolute atomic E-state index is 0.142. The van der Waals surface area contributed by atoms with E-state index < -0.39 is 6.10 Å². The van der Waals surface area contributed by atoms with Gasteiger partial charge in [0.1, 0.15) is 11.9 Å². The maximum Gasteiger partial charge on any atom is 0.166 e. The molecule has 1 aromatic carbocycles. The van der Waals surface area contributed by atoms with Gasteiger partial charge in [-0.2, -0.15) is 10.2 Å². The third-order valence-corrected chi connectivity index (χ3v) is 8.14. The van der Waals surface area contributed by atoms with Crippen LogP contribution in [0.25, 0.3) is 22.5 Å². The maximum atomic E-state index is 14.5. The first-order valence-electron chi connectivity index (χ1n) is 12.8. The Labute approximate surface area is 209 Å². The summed E-state index contributed by atoms with van der Waals surface area (Å²) < 4.78 is 24.9. The summed E-state index contributed by atoms with van der Waals surface area (Å²) in [7, 11) is 1.94. The van der Waals surface area contributed by atoms with E-state index in [1.165, 1.54) is 30.9 Å². The summed E-state index contributed by atoms with van der Waals surface area (Å²) in [4.78, 5) is 4.51. The summed E-state index contributed by atoms with van der Waals surface area (Å²) in [6.45, 7) is 2.83. The summed E-state index contributed by atoms with van der Waals surface area (Å²) in [5.74, 6) is 1.31. The second-order valence-electron chi connectivity index (χ2n) is 10.5. The number of aryl methyl sites for hydroxylation is 2. The van der Waals surface area contributed by atoms with Crippen molar-refractivity contribution in [1.29, 1.82) is 0 Å². The molecule has 4 aromatic rings. The van der Waals surface area contributed by atoms with Crippen molar-refractivity contribution in [2.45, 2.75) is 57.6 Å². The van der Waals surface area contributed by atoms with Crippen LogP contribution >= 0.6 is 0 Å². The standard InChI is InChI=1S/C28H29FN6O/c1-15-21-11-18(29)6-7-20(21)26-22(14-34(2)33-26)19-8-9-23-25(19)27(35(32-23)13-16-4-3-5-16)17-10-24(36-15)28(30)31-12-17/h6-7,10-12,14-16,19H,3-5,8-9,13H2,1-2H3,(H2,30,31)/t15-,19?/m1/s1. The Morgan fingerprint density at radius 1 is 1.14 bits per heavy atom. The molecule has 1 fully saturated rings. The van der Waals surface area contributed by atoms with Crippen molar-refractivity contribution in [3.63, 3.8) is 0 Å². The minimum Gasteiger partial charge on any atom is -0.482 e. The average molecular weight is 485 g/mol. The van der Waals surface area contributed by atoms with Crippen LogP contribution in [0, 0.1) is 11.7 Å². The van der Waals surface area contributed by atoms with E-state index in [9.17, 15) is 4.39 Å². The Hall–Kier alpha value is -3.68. The molecule has 2 atom stereocenters. The van der Waals surface area contributed by atoms with Crippen LogP contribution in [0.3, 0.4) is 0 Å². The molecule has 36 heavy (non-hydrogen) atoms. The Morgan fingerprint density at radius 3 is 2.81 bits per heavy atom. The lowest BCUT2D eigenvalue weighted by Crippen LogP contribution is -2.20. The van der Waals surface area contributed by atoms with Crippen LogP contribution in [-0.2, 0) is 20.0 Å². The van der Waals surface area contributed by atoms with Gasteiger partial charge in [0.15, 0.2) is 11.6 Å². The number of fused-ring (bicyclic) bond motifs is 7. The van der Waals surface area contributed by atoms with Gasteiger partial charge >= 0.3 is 0 Å². The van der Waals surface area contributed by atoms with E-state index in [-0.39, 0.29) is 11.7 Å². The molecule has 2 bridgehead atoms. The second-order valence-corrected chi connectivity index (χ2v) is 10.5. The van der Waals surface area contributed by atoms with Crippen molar-refractivity contribution in [1.82, 2.24) is 24.5 Å². The summed E-state index contributed by atoms with van der Waals surface area (Å²) in [5.41, 5.74) is 14.4. The van der Waals surface area contributed by atoms with Gasteiger partial charge in [-0.25, -0.2) is 9.37 Å². The van der Waals surface area contributed by atoms with Crippen LogP contribution < -0.4 is 10.5 Å². The fraction of sp³-hybridized carbons (Fsp3) is 0.393. The molecule has 2 aliphatic carbocycles. The topological polar surface area (TPSA) is 83.8 Å². The fourth-order valence-electron chi connectivity index (χ4n) is 6.16. The number of ether oxygens (including phenoxy) is 1. The monoisotopic (exact) mass is 484 g/mol. The Bertz CT molecular complexity index is 1500. The van der Waals surface area contributed by atoms with Crippen molar-refractivity contribution in [2.75, 3.05) is 5.73 Å². The molecule has 0 radical (unpaired) electrons. The quantitative estimate of drug-likeness (QED) is 0.412. The number of rotatable bonds is 2. The predicted octanol–water partition coefficient (Wildman–Crippen LogP) is 5.40. The smallest absolute Gasteiger partial charge is 0.166 e. The van der Waals surface area contributed by atoms with Crippen LogP contribution in [0.1, 0.15) is 67.0 Å². The van der Waals surface area contributed by atoms with Crippen LogP contribution in [0.5, 0.6) is 5.75 Å². The van der Waals surface area contributed by atoms with E-state index in [1.54, 1.807) is 6.07 Å². The van der Waals surface area contributed by atoms with Gasteiger partial charge < -0.3 is 10.5 Å². The zero-order valence-electron chi connectivity index (χ0n) is 20.5. The molecule has 4 heterocycles. The molecular formula is C28H29FN6O. The van der Waals surface area contributed by atoms with E-state index >= 15 is 0 Å². The predicted molar refractivity (Wildman–Crippen MR) is 135 cm³/mol. The lowest BCUT2D eigenvalue weighted by Gasteiger charge is -2.27. The highest BCUT2D eigenvalue weighted by Crippen LogP contribution is 2.48. The number of anilines is 1. The maximum absolute atomic E-state index is 14.5. The van der Waals surface area contributed by atoms with Crippen molar-refractivity contribution < 1.29 is 9.13 Å². The zero-order valence-corrected chi connectivity index (χ0v) is 20.5. The highest BCUT2D eigenvalue weighted by Gasteiger charge is 2.37. The highest BCUT2D eigenvalue weighted by molar-refractivity contribution is 5.74. The largest absolute Gasteiger partial charge is 0.482 e. The van der Waals surface area contributed by atoms with E-state index in [2.05, 4.69) is 15.9 Å². The van der Waals surface area contributed by atoms with Crippen molar-refractivity contribution in [2.24, 2.45) is 13.0 Å². The fourth-order valence-corrected chi connectivity index (χ4v) is 6.16. The molecule has 1 aliphatic heterocycles. The Kier molecular flexibility index (Phi) is 4.75. The molecule has 0 amide bonds. The van der Waals surface area contributed by atoms with Gasteiger partial charge in [0, 0.05) is 59.7 Å².